The molecule has 0 saturated carbocycles. The number of benzene rings is 1. The summed E-state index contributed by atoms with van der Waals surface area (Å²) in [5.41, 5.74) is 1.76. The molecule has 0 atom stereocenters. The molecule has 0 radical (unpaired) electrons. The number of nitrogens with zero attached hydrogens (tertiary/aromatic N) is 1. The van der Waals surface area contributed by atoms with Gasteiger partial charge in [0.25, 0.3) is 0 Å². The molecule has 0 saturated heterocycles. The Labute approximate surface area is 134 Å². The normalized spacial score (nSPS) is 10.3. The first-order valence-electron chi connectivity index (χ1n) is 6.93. The van der Waals surface area contributed by atoms with Crippen LogP contribution in [0.1, 0.15) is 5.56 Å². The van der Waals surface area contributed by atoms with Crippen molar-refractivity contribution in [2.75, 3.05) is 32.7 Å². The lowest BCUT2D eigenvalue weighted by Crippen LogP contribution is -2.36. The lowest BCUT2D eigenvalue weighted by atomic mass is 10.3. The minimum absolute atomic E-state index is 0.173. The van der Waals surface area contributed by atoms with Crippen LogP contribution in [0.5, 0.6) is 5.75 Å². The van der Waals surface area contributed by atoms with E-state index in [9.17, 15) is 4.79 Å². The number of nitrogens with one attached hydrogen (secondary N) is 1. The van der Waals surface area contributed by atoms with E-state index in [4.69, 9.17) is 9.47 Å². The highest BCUT2D eigenvalue weighted by molar-refractivity contribution is 7.07. The molecule has 2 amide bonds. The SMILES string of the molecule is COCCN(Cc1ccsc1)C(=O)Nc1ccccc1OC. The monoisotopic (exact) mass is 320 g/mol. The maximum Gasteiger partial charge on any atom is 0.322 e. The number of ether oxygens (including phenoxy) is 2. The maximum atomic E-state index is 12.5. The molecule has 118 valence electrons. The molecular weight excluding hydrogens is 300 g/mol. The fourth-order valence-electron chi connectivity index (χ4n) is 2.00. The van der Waals surface area contributed by atoms with Crippen molar-refractivity contribution in [3.05, 3.63) is 46.7 Å². The highest BCUT2D eigenvalue weighted by atomic mass is 32.1. The zero-order valence-corrected chi connectivity index (χ0v) is 13.6. The van der Waals surface area contributed by atoms with E-state index >= 15 is 0 Å². The van der Waals surface area contributed by atoms with Gasteiger partial charge in [0.05, 0.1) is 19.4 Å². The quantitative estimate of drug-likeness (QED) is 0.850. The summed E-state index contributed by atoms with van der Waals surface area (Å²) in [6.07, 6.45) is 0. The van der Waals surface area contributed by atoms with E-state index in [0.29, 0.717) is 31.1 Å². The van der Waals surface area contributed by atoms with Gasteiger partial charge < -0.3 is 19.7 Å². The van der Waals surface area contributed by atoms with Crippen molar-refractivity contribution in [3.8, 4) is 5.75 Å². The standard InChI is InChI=1S/C16H20N2O3S/c1-20-9-8-18(11-13-7-10-22-12-13)16(19)17-14-5-3-4-6-15(14)21-2/h3-7,10,12H,8-9,11H2,1-2H3,(H,17,19). The lowest BCUT2D eigenvalue weighted by Gasteiger charge is -2.23. The molecule has 0 aliphatic heterocycles. The summed E-state index contributed by atoms with van der Waals surface area (Å²) in [5.74, 6) is 0.637. The molecule has 22 heavy (non-hydrogen) atoms. The van der Waals surface area contributed by atoms with Crippen molar-refractivity contribution in [1.29, 1.82) is 0 Å². The molecule has 0 bridgehead atoms. The predicted octanol–water partition coefficient (Wildman–Crippen LogP) is 3.44. The van der Waals surface area contributed by atoms with Crippen molar-refractivity contribution in [3.63, 3.8) is 0 Å². The van der Waals surface area contributed by atoms with Crippen LogP contribution in [0.25, 0.3) is 0 Å². The Hall–Kier alpha value is -2.05. The van der Waals surface area contributed by atoms with E-state index in [0.717, 1.165) is 5.56 Å². The molecule has 1 aromatic heterocycles. The molecule has 1 N–H and O–H groups in total. The molecule has 2 rings (SSSR count). The van der Waals surface area contributed by atoms with Crippen LogP contribution >= 0.6 is 11.3 Å². The zero-order valence-electron chi connectivity index (χ0n) is 12.7. The summed E-state index contributed by atoms with van der Waals surface area (Å²) >= 11 is 1.62. The summed E-state index contributed by atoms with van der Waals surface area (Å²) in [7, 11) is 3.21. The fraction of sp³-hybridized carbons (Fsp3) is 0.312. The topological polar surface area (TPSA) is 50.8 Å². The molecular formula is C16H20N2O3S. The van der Waals surface area contributed by atoms with Crippen LogP contribution in [0, 0.1) is 0 Å². The second-order valence-corrected chi connectivity index (χ2v) is 5.46. The van der Waals surface area contributed by atoms with Gasteiger partial charge in [-0.25, -0.2) is 4.79 Å². The third-order valence-electron chi connectivity index (χ3n) is 3.15. The van der Waals surface area contributed by atoms with Crippen molar-refractivity contribution >= 4 is 23.1 Å². The summed E-state index contributed by atoms with van der Waals surface area (Å²) < 4.78 is 10.3. The molecule has 0 aliphatic carbocycles. The first-order valence-corrected chi connectivity index (χ1v) is 7.88. The minimum Gasteiger partial charge on any atom is -0.495 e. The predicted molar refractivity (Wildman–Crippen MR) is 88.6 cm³/mol. The van der Waals surface area contributed by atoms with E-state index in [-0.39, 0.29) is 6.03 Å². The summed E-state index contributed by atoms with van der Waals surface area (Å²) in [5, 5.41) is 6.93. The molecule has 1 aromatic carbocycles. The van der Waals surface area contributed by atoms with Gasteiger partial charge in [0.15, 0.2) is 0 Å². The highest BCUT2D eigenvalue weighted by Crippen LogP contribution is 2.23. The van der Waals surface area contributed by atoms with Crippen molar-refractivity contribution < 1.29 is 14.3 Å². The van der Waals surface area contributed by atoms with Crippen LogP contribution in [0.2, 0.25) is 0 Å². The van der Waals surface area contributed by atoms with Gasteiger partial charge in [-0.3, -0.25) is 0 Å². The average Bonchev–Trinajstić information content (AvgIpc) is 3.05. The van der Waals surface area contributed by atoms with Gasteiger partial charge in [0, 0.05) is 20.2 Å². The third kappa shape index (κ3) is 4.47. The first kappa shape index (κ1) is 16.3. The van der Waals surface area contributed by atoms with Crippen LogP contribution in [-0.2, 0) is 11.3 Å². The Balaban J connectivity index is 2.07. The maximum absolute atomic E-state index is 12.5. The van der Waals surface area contributed by atoms with Crippen LogP contribution in [0.4, 0.5) is 10.5 Å². The Kier molecular flexibility index (Phi) is 6.24. The summed E-state index contributed by atoms with van der Waals surface area (Å²) in [6.45, 7) is 1.56. The van der Waals surface area contributed by atoms with Crippen molar-refractivity contribution in [2.45, 2.75) is 6.54 Å². The zero-order chi connectivity index (χ0) is 15.8. The van der Waals surface area contributed by atoms with E-state index < -0.39 is 0 Å². The number of hydrogen-bond donors (Lipinski definition) is 1. The highest BCUT2D eigenvalue weighted by Gasteiger charge is 2.15. The Bertz CT molecular complexity index is 587. The molecule has 2 aromatic rings. The van der Waals surface area contributed by atoms with Gasteiger partial charge in [0.2, 0.25) is 0 Å². The number of urea groups is 1. The fourth-order valence-corrected chi connectivity index (χ4v) is 2.66. The number of methoxy groups -OCH3 is 2. The molecule has 5 nitrogen and oxygen atoms in total. The molecule has 0 aliphatic rings. The number of para-hydroxylation sites is 2. The number of amides is 2. The number of carbonyl (C=O) groups excluding carboxylic acids is 1. The Morgan fingerprint density at radius 2 is 2.09 bits per heavy atom. The second-order valence-electron chi connectivity index (χ2n) is 4.68. The van der Waals surface area contributed by atoms with Gasteiger partial charge in [-0.1, -0.05) is 12.1 Å². The first-order chi connectivity index (χ1) is 10.7. The smallest absolute Gasteiger partial charge is 0.322 e. The number of rotatable bonds is 7. The molecule has 1 heterocycles. The number of thiophene rings is 1. The second kappa shape index (κ2) is 8.41. The van der Waals surface area contributed by atoms with Gasteiger partial charge >= 0.3 is 6.03 Å². The van der Waals surface area contributed by atoms with Gasteiger partial charge in [-0.2, -0.15) is 11.3 Å². The van der Waals surface area contributed by atoms with Crippen LogP contribution in [0.3, 0.4) is 0 Å². The van der Waals surface area contributed by atoms with Crippen molar-refractivity contribution in [1.82, 2.24) is 4.90 Å². The van der Waals surface area contributed by atoms with Gasteiger partial charge in [-0.15, -0.1) is 0 Å². The third-order valence-corrected chi connectivity index (χ3v) is 3.89. The number of carbonyl (C=O) groups is 1. The largest absolute Gasteiger partial charge is 0.495 e. The van der Waals surface area contributed by atoms with Gasteiger partial charge in [0.1, 0.15) is 5.75 Å². The Morgan fingerprint density at radius 1 is 1.27 bits per heavy atom. The van der Waals surface area contributed by atoms with E-state index in [1.165, 1.54) is 0 Å². The summed E-state index contributed by atoms with van der Waals surface area (Å²) in [6, 6.07) is 9.19. The van der Waals surface area contributed by atoms with Crippen molar-refractivity contribution in [2.24, 2.45) is 0 Å². The molecule has 0 spiro atoms. The lowest BCUT2D eigenvalue weighted by molar-refractivity contribution is 0.153. The molecule has 0 fully saturated rings. The van der Waals surface area contributed by atoms with E-state index in [1.54, 1.807) is 30.5 Å². The molecule has 6 heteroatoms. The Morgan fingerprint density at radius 3 is 2.77 bits per heavy atom. The molecule has 0 unspecified atom stereocenters. The number of anilines is 1. The van der Waals surface area contributed by atoms with E-state index in [1.807, 2.05) is 41.1 Å². The average molecular weight is 320 g/mol. The summed E-state index contributed by atoms with van der Waals surface area (Å²) in [4.78, 5) is 14.2. The minimum atomic E-state index is -0.173. The van der Waals surface area contributed by atoms with Crippen LogP contribution in [0.15, 0.2) is 41.1 Å². The van der Waals surface area contributed by atoms with Crippen LogP contribution < -0.4 is 10.1 Å². The van der Waals surface area contributed by atoms with E-state index in [2.05, 4.69) is 5.32 Å². The van der Waals surface area contributed by atoms with Gasteiger partial charge in [-0.05, 0) is 34.5 Å². The van der Waals surface area contributed by atoms with Crippen LogP contribution in [-0.4, -0.2) is 38.3 Å². The number of hydrogen-bond acceptors (Lipinski definition) is 4.